The molecule has 1 atom stereocenters. The van der Waals surface area contributed by atoms with Crippen molar-refractivity contribution in [2.45, 2.75) is 33.1 Å². The van der Waals surface area contributed by atoms with E-state index in [0.717, 1.165) is 28.3 Å². The van der Waals surface area contributed by atoms with Gasteiger partial charge in [0.15, 0.2) is 0 Å². The van der Waals surface area contributed by atoms with E-state index in [1.54, 1.807) is 7.11 Å². The number of nitrogens with two attached hydrogens (primary N) is 1. The van der Waals surface area contributed by atoms with Crippen LogP contribution in [-0.2, 0) is 0 Å². The molecule has 0 saturated heterocycles. The van der Waals surface area contributed by atoms with E-state index in [1.807, 2.05) is 19.9 Å². The Hall–Kier alpha value is -0.730. The molecular weight excluding hydrogens is 222 g/mol. The minimum atomic E-state index is 0.373. The first kappa shape index (κ1) is 13.3. The average molecular weight is 242 g/mol. The first-order valence-corrected chi connectivity index (χ1v) is 5.94. The second kappa shape index (κ2) is 5.55. The Kier molecular flexibility index (Phi) is 4.63. The molecule has 1 aromatic rings. The number of hydrogen-bond acceptors (Lipinski definition) is 2. The van der Waals surface area contributed by atoms with Gasteiger partial charge in [0.25, 0.3) is 0 Å². The molecule has 16 heavy (non-hydrogen) atoms. The molecule has 0 bridgehead atoms. The van der Waals surface area contributed by atoms with Gasteiger partial charge < -0.3 is 10.5 Å². The van der Waals surface area contributed by atoms with Crippen LogP contribution in [0, 0.1) is 13.8 Å². The van der Waals surface area contributed by atoms with Crippen molar-refractivity contribution in [1.29, 1.82) is 0 Å². The fourth-order valence-electron chi connectivity index (χ4n) is 2.13. The maximum atomic E-state index is 6.21. The molecule has 1 rings (SSSR count). The molecular formula is C13H20ClNO. The van der Waals surface area contributed by atoms with Crippen LogP contribution in [0.1, 0.15) is 36.0 Å². The van der Waals surface area contributed by atoms with Gasteiger partial charge in [0.1, 0.15) is 5.75 Å². The summed E-state index contributed by atoms with van der Waals surface area (Å²) in [5.74, 6) is 1.32. The number of ether oxygens (including phenoxy) is 1. The largest absolute Gasteiger partial charge is 0.496 e. The van der Waals surface area contributed by atoms with Crippen molar-refractivity contribution in [3.8, 4) is 5.75 Å². The van der Waals surface area contributed by atoms with E-state index in [-0.39, 0.29) is 0 Å². The number of benzene rings is 1. The van der Waals surface area contributed by atoms with Gasteiger partial charge >= 0.3 is 0 Å². The maximum Gasteiger partial charge on any atom is 0.125 e. The lowest BCUT2D eigenvalue weighted by Crippen LogP contribution is -2.08. The third-order valence-corrected chi connectivity index (χ3v) is 3.40. The molecule has 0 fully saturated rings. The monoisotopic (exact) mass is 241 g/mol. The molecule has 0 aliphatic heterocycles. The van der Waals surface area contributed by atoms with E-state index in [1.165, 1.54) is 5.56 Å². The predicted octanol–water partition coefficient (Wildman–Crippen LogP) is 3.42. The highest BCUT2D eigenvalue weighted by Crippen LogP contribution is 2.37. The summed E-state index contributed by atoms with van der Waals surface area (Å²) in [5.41, 5.74) is 8.99. The Labute approximate surface area is 103 Å². The molecule has 0 radical (unpaired) electrons. The number of rotatable bonds is 4. The quantitative estimate of drug-likeness (QED) is 0.877. The normalized spacial score (nSPS) is 12.6. The molecule has 0 amide bonds. The Morgan fingerprint density at radius 2 is 2.06 bits per heavy atom. The van der Waals surface area contributed by atoms with Gasteiger partial charge in [0, 0.05) is 10.6 Å². The van der Waals surface area contributed by atoms with E-state index < -0.39 is 0 Å². The molecule has 3 heteroatoms. The first-order valence-electron chi connectivity index (χ1n) is 5.56. The van der Waals surface area contributed by atoms with Gasteiger partial charge in [0.05, 0.1) is 7.11 Å². The van der Waals surface area contributed by atoms with Crippen molar-refractivity contribution < 1.29 is 4.74 Å². The lowest BCUT2D eigenvalue weighted by molar-refractivity contribution is 0.402. The van der Waals surface area contributed by atoms with Crippen LogP contribution < -0.4 is 10.5 Å². The topological polar surface area (TPSA) is 35.2 Å². The number of methoxy groups -OCH3 is 1. The van der Waals surface area contributed by atoms with Crippen LogP contribution in [0.25, 0.3) is 0 Å². The summed E-state index contributed by atoms with van der Waals surface area (Å²) in [6.07, 6.45) is 0.941. The molecule has 1 aromatic carbocycles. The third kappa shape index (κ3) is 2.50. The summed E-state index contributed by atoms with van der Waals surface area (Å²) in [7, 11) is 1.70. The van der Waals surface area contributed by atoms with Crippen LogP contribution in [0.4, 0.5) is 0 Å². The van der Waals surface area contributed by atoms with Crippen LogP contribution >= 0.6 is 11.6 Å². The molecule has 2 nitrogen and oxygen atoms in total. The molecule has 0 spiro atoms. The summed E-state index contributed by atoms with van der Waals surface area (Å²) in [6, 6.07) is 1.95. The van der Waals surface area contributed by atoms with Gasteiger partial charge in [-0.05, 0) is 49.9 Å². The van der Waals surface area contributed by atoms with Gasteiger partial charge in [-0.3, -0.25) is 0 Å². The van der Waals surface area contributed by atoms with E-state index in [9.17, 15) is 0 Å². The smallest absolute Gasteiger partial charge is 0.125 e. The van der Waals surface area contributed by atoms with Crippen molar-refractivity contribution in [1.82, 2.24) is 0 Å². The second-order valence-electron chi connectivity index (χ2n) is 4.23. The minimum Gasteiger partial charge on any atom is -0.496 e. The second-order valence-corrected chi connectivity index (χ2v) is 4.63. The zero-order chi connectivity index (χ0) is 12.3. The zero-order valence-electron chi connectivity index (χ0n) is 10.4. The van der Waals surface area contributed by atoms with Crippen molar-refractivity contribution in [2.75, 3.05) is 13.7 Å². The Morgan fingerprint density at radius 1 is 1.44 bits per heavy atom. The molecule has 0 heterocycles. The highest BCUT2D eigenvalue weighted by molar-refractivity contribution is 6.31. The Balaban J connectivity index is 3.32. The van der Waals surface area contributed by atoms with E-state index in [0.29, 0.717) is 12.5 Å². The van der Waals surface area contributed by atoms with Crippen molar-refractivity contribution >= 4 is 11.6 Å². The van der Waals surface area contributed by atoms with E-state index in [4.69, 9.17) is 22.1 Å². The lowest BCUT2D eigenvalue weighted by atomic mass is 9.91. The van der Waals surface area contributed by atoms with Crippen LogP contribution in [0.2, 0.25) is 5.02 Å². The predicted molar refractivity (Wildman–Crippen MR) is 69.6 cm³/mol. The lowest BCUT2D eigenvalue weighted by Gasteiger charge is -2.20. The molecule has 0 aliphatic carbocycles. The van der Waals surface area contributed by atoms with Gasteiger partial charge in [-0.2, -0.15) is 0 Å². The zero-order valence-corrected chi connectivity index (χ0v) is 11.2. The highest BCUT2D eigenvalue weighted by atomic mass is 35.5. The number of halogens is 1. The molecule has 0 aromatic heterocycles. The first-order chi connectivity index (χ1) is 7.52. The molecule has 90 valence electrons. The minimum absolute atomic E-state index is 0.373. The molecule has 1 unspecified atom stereocenters. The average Bonchev–Trinajstić information content (AvgIpc) is 2.23. The highest BCUT2D eigenvalue weighted by Gasteiger charge is 2.18. The van der Waals surface area contributed by atoms with Crippen LogP contribution in [0.5, 0.6) is 5.75 Å². The third-order valence-electron chi connectivity index (χ3n) is 3.00. The van der Waals surface area contributed by atoms with Crippen LogP contribution in [0.3, 0.4) is 0 Å². The molecule has 0 saturated carbocycles. The summed E-state index contributed by atoms with van der Waals surface area (Å²) < 4.78 is 5.48. The van der Waals surface area contributed by atoms with Crippen LogP contribution in [-0.4, -0.2) is 13.7 Å². The SMILES string of the molecule is COc1c(C)cc(Cl)c(C)c1C(C)CCN. The summed E-state index contributed by atoms with van der Waals surface area (Å²) >= 11 is 6.21. The maximum absolute atomic E-state index is 6.21. The van der Waals surface area contributed by atoms with E-state index >= 15 is 0 Å². The van der Waals surface area contributed by atoms with Crippen molar-refractivity contribution in [3.05, 3.63) is 27.8 Å². The summed E-state index contributed by atoms with van der Waals surface area (Å²) in [4.78, 5) is 0. The number of hydrogen-bond donors (Lipinski definition) is 1. The van der Waals surface area contributed by atoms with Gasteiger partial charge in [-0.1, -0.05) is 18.5 Å². The molecule has 2 N–H and O–H groups in total. The standard InChI is InChI=1S/C13H20ClNO/c1-8(5-6-15)12-10(3)11(14)7-9(2)13(12)16-4/h7-8H,5-6,15H2,1-4H3. The Bertz CT molecular complexity index is 377. The fourth-order valence-corrected chi connectivity index (χ4v) is 2.40. The number of aryl methyl sites for hydroxylation is 1. The van der Waals surface area contributed by atoms with Crippen molar-refractivity contribution in [2.24, 2.45) is 5.73 Å². The van der Waals surface area contributed by atoms with Gasteiger partial charge in [-0.15, -0.1) is 0 Å². The summed E-state index contributed by atoms with van der Waals surface area (Å²) in [5, 5.41) is 0.803. The molecule has 0 aliphatic rings. The Morgan fingerprint density at radius 3 is 2.56 bits per heavy atom. The van der Waals surface area contributed by atoms with Crippen molar-refractivity contribution in [3.63, 3.8) is 0 Å². The summed E-state index contributed by atoms with van der Waals surface area (Å²) in [6.45, 7) is 6.89. The fraction of sp³-hybridized carbons (Fsp3) is 0.538. The van der Waals surface area contributed by atoms with Gasteiger partial charge in [-0.25, -0.2) is 0 Å². The van der Waals surface area contributed by atoms with Gasteiger partial charge in [0.2, 0.25) is 0 Å². The van der Waals surface area contributed by atoms with Crippen LogP contribution in [0.15, 0.2) is 6.07 Å². The van der Waals surface area contributed by atoms with E-state index in [2.05, 4.69) is 6.92 Å².